The van der Waals surface area contributed by atoms with Gasteiger partial charge in [0.1, 0.15) is 17.5 Å². The van der Waals surface area contributed by atoms with Crippen LogP contribution in [-0.2, 0) is 13.3 Å². The number of nitrogens with zero attached hydrogens (tertiary/aromatic N) is 2. The summed E-state index contributed by atoms with van der Waals surface area (Å²) in [5.74, 6) is 2.01. The number of ether oxygens (including phenoxy) is 2. The van der Waals surface area contributed by atoms with Crippen molar-refractivity contribution in [1.29, 1.82) is 0 Å². The van der Waals surface area contributed by atoms with Gasteiger partial charge >= 0.3 is 0 Å². The van der Waals surface area contributed by atoms with Crippen LogP contribution in [0.5, 0.6) is 11.5 Å². The Bertz CT molecular complexity index is 919. The summed E-state index contributed by atoms with van der Waals surface area (Å²) in [5, 5.41) is 6.66. The van der Waals surface area contributed by atoms with Gasteiger partial charge in [-0.25, -0.2) is 0 Å². The van der Waals surface area contributed by atoms with E-state index < -0.39 is 0 Å². The molecule has 0 bridgehead atoms. The summed E-state index contributed by atoms with van der Waals surface area (Å²) in [6.45, 7) is 2.08. The van der Waals surface area contributed by atoms with Crippen LogP contribution in [0.3, 0.4) is 0 Å². The molecular formula is C19H22N3O3S2+. The van der Waals surface area contributed by atoms with Crippen molar-refractivity contribution in [2.75, 3.05) is 13.7 Å². The molecule has 27 heavy (non-hydrogen) atoms. The number of quaternary nitrogens is 1. The first-order valence-corrected chi connectivity index (χ1v) is 10.2. The molecule has 0 radical (unpaired) electrons. The molecule has 1 aliphatic heterocycles. The maximum absolute atomic E-state index is 5.73. The zero-order valence-electron chi connectivity index (χ0n) is 15.1. The largest absolute Gasteiger partial charge is 0.497 e. The van der Waals surface area contributed by atoms with Gasteiger partial charge in [0.25, 0.3) is 10.7 Å². The lowest BCUT2D eigenvalue weighted by Crippen LogP contribution is -3.09. The van der Waals surface area contributed by atoms with Crippen LogP contribution in [0.1, 0.15) is 29.7 Å². The van der Waals surface area contributed by atoms with Crippen LogP contribution in [0.4, 0.5) is 0 Å². The van der Waals surface area contributed by atoms with Crippen molar-refractivity contribution < 1.29 is 18.8 Å². The van der Waals surface area contributed by atoms with Gasteiger partial charge < -0.3 is 18.8 Å². The molecule has 1 unspecified atom stereocenters. The van der Waals surface area contributed by atoms with E-state index >= 15 is 0 Å². The third-order valence-corrected chi connectivity index (χ3v) is 6.07. The lowest BCUT2D eigenvalue weighted by atomic mass is 10.2. The Labute approximate surface area is 166 Å². The number of benzene rings is 1. The number of methoxy groups -OCH3 is 1. The molecule has 8 heteroatoms. The molecular weight excluding hydrogens is 382 g/mol. The quantitative estimate of drug-likeness (QED) is 0.613. The van der Waals surface area contributed by atoms with Crippen LogP contribution < -0.4 is 14.4 Å². The second kappa shape index (κ2) is 8.24. The summed E-state index contributed by atoms with van der Waals surface area (Å²) < 4.78 is 18.3. The minimum absolute atomic E-state index is 0.243. The Morgan fingerprint density at radius 2 is 2.11 bits per heavy atom. The Morgan fingerprint density at radius 1 is 1.30 bits per heavy atom. The van der Waals surface area contributed by atoms with E-state index in [1.165, 1.54) is 22.6 Å². The van der Waals surface area contributed by atoms with Gasteiger partial charge in [-0.3, -0.25) is 0 Å². The molecule has 3 aromatic rings. The van der Waals surface area contributed by atoms with Gasteiger partial charge in [-0.2, -0.15) is 4.68 Å². The fourth-order valence-corrected chi connectivity index (χ4v) is 4.57. The lowest BCUT2D eigenvalue weighted by molar-refractivity contribution is -0.941. The number of rotatable bonds is 7. The Hall–Kier alpha value is -2.16. The first-order valence-electron chi connectivity index (χ1n) is 8.94. The molecule has 0 saturated carbocycles. The second-order valence-corrected chi connectivity index (χ2v) is 7.83. The minimum atomic E-state index is 0.243. The second-order valence-electron chi connectivity index (χ2n) is 6.50. The first-order chi connectivity index (χ1) is 13.2. The average Bonchev–Trinajstić information content (AvgIpc) is 3.42. The van der Waals surface area contributed by atoms with Crippen LogP contribution >= 0.6 is 23.6 Å². The van der Waals surface area contributed by atoms with Crippen molar-refractivity contribution in [2.24, 2.45) is 0 Å². The van der Waals surface area contributed by atoms with Crippen molar-refractivity contribution >= 4 is 23.6 Å². The number of nitrogens with one attached hydrogen (secondary N) is 1. The lowest BCUT2D eigenvalue weighted by Gasteiger charge is -2.19. The molecule has 0 amide bonds. The summed E-state index contributed by atoms with van der Waals surface area (Å²) >= 11 is 7.18. The highest BCUT2D eigenvalue weighted by molar-refractivity contribution is 7.71. The minimum Gasteiger partial charge on any atom is -0.497 e. The summed E-state index contributed by atoms with van der Waals surface area (Å²) in [6.07, 6.45) is 2.42. The van der Waals surface area contributed by atoms with E-state index in [-0.39, 0.29) is 6.61 Å². The van der Waals surface area contributed by atoms with Crippen molar-refractivity contribution in [3.63, 3.8) is 0 Å². The smallest absolute Gasteiger partial charge is 0.291 e. The normalized spacial score (nSPS) is 19.3. The molecule has 2 aromatic heterocycles. The van der Waals surface area contributed by atoms with Crippen molar-refractivity contribution in [3.8, 4) is 11.5 Å². The van der Waals surface area contributed by atoms with E-state index in [1.54, 1.807) is 11.8 Å². The molecule has 3 heterocycles. The van der Waals surface area contributed by atoms with Crippen LogP contribution in [-0.4, -0.2) is 23.4 Å². The highest BCUT2D eigenvalue weighted by atomic mass is 32.1. The molecule has 4 rings (SSSR count). The first kappa shape index (κ1) is 18.2. The summed E-state index contributed by atoms with van der Waals surface area (Å²) in [6, 6.07) is 12.3. The van der Waals surface area contributed by atoms with Crippen LogP contribution in [0.25, 0.3) is 0 Å². The average molecular weight is 405 g/mol. The van der Waals surface area contributed by atoms with Crippen LogP contribution in [0, 0.1) is 4.84 Å². The molecule has 142 valence electrons. The zero-order valence-corrected chi connectivity index (χ0v) is 16.7. The molecule has 0 aliphatic carbocycles. The predicted octanol–water partition coefficient (Wildman–Crippen LogP) is 3.23. The predicted molar refractivity (Wildman–Crippen MR) is 105 cm³/mol. The molecule has 1 saturated heterocycles. The number of thiophene rings is 1. The summed E-state index contributed by atoms with van der Waals surface area (Å²) in [7, 11) is 1.64. The fraction of sp³-hybridized carbons (Fsp3) is 0.368. The zero-order chi connectivity index (χ0) is 18.6. The van der Waals surface area contributed by atoms with E-state index in [9.17, 15) is 0 Å². The van der Waals surface area contributed by atoms with E-state index in [2.05, 4.69) is 22.6 Å². The monoisotopic (exact) mass is 404 g/mol. The fourth-order valence-electron chi connectivity index (χ4n) is 3.45. The summed E-state index contributed by atoms with van der Waals surface area (Å²) in [4.78, 5) is 3.30. The molecule has 1 N–H and O–H groups in total. The number of hydrogen-bond donors (Lipinski definition) is 1. The topological polar surface area (TPSA) is 53.9 Å². The molecule has 2 atom stereocenters. The SMILES string of the molecule is COc1ccc(OCc2nn(C[NH+]3CCC[C@H]3c3cccs3)c(=S)o2)cc1. The van der Waals surface area contributed by atoms with E-state index in [4.69, 9.17) is 26.1 Å². The van der Waals surface area contributed by atoms with Crippen molar-refractivity contribution in [2.45, 2.75) is 32.2 Å². The van der Waals surface area contributed by atoms with E-state index in [0.717, 1.165) is 18.0 Å². The Kier molecular flexibility index (Phi) is 5.56. The van der Waals surface area contributed by atoms with Gasteiger partial charge in [-0.05, 0) is 47.9 Å². The molecule has 0 spiro atoms. The molecule has 6 nitrogen and oxygen atoms in total. The molecule has 1 fully saturated rings. The van der Waals surface area contributed by atoms with Gasteiger partial charge in [0.2, 0.25) is 0 Å². The third kappa shape index (κ3) is 4.23. The Balaban J connectivity index is 1.40. The van der Waals surface area contributed by atoms with Gasteiger partial charge in [0.05, 0.1) is 18.5 Å². The maximum Gasteiger partial charge on any atom is 0.291 e. The Morgan fingerprint density at radius 3 is 2.85 bits per heavy atom. The highest BCUT2D eigenvalue weighted by Crippen LogP contribution is 2.23. The van der Waals surface area contributed by atoms with Gasteiger partial charge in [-0.15, -0.1) is 16.4 Å². The highest BCUT2D eigenvalue weighted by Gasteiger charge is 2.31. The van der Waals surface area contributed by atoms with E-state index in [0.29, 0.717) is 23.4 Å². The van der Waals surface area contributed by atoms with Gasteiger partial charge in [-0.1, -0.05) is 6.07 Å². The molecule has 1 aliphatic rings. The van der Waals surface area contributed by atoms with Gasteiger partial charge in [0.15, 0.2) is 13.3 Å². The van der Waals surface area contributed by atoms with Crippen molar-refractivity contribution in [1.82, 2.24) is 9.78 Å². The molecule has 1 aromatic carbocycles. The van der Waals surface area contributed by atoms with Gasteiger partial charge in [0, 0.05) is 12.8 Å². The number of likely N-dealkylation sites (tertiary alicyclic amines) is 1. The van der Waals surface area contributed by atoms with Crippen molar-refractivity contribution in [3.05, 3.63) is 57.4 Å². The third-order valence-electron chi connectivity index (χ3n) is 4.79. The number of hydrogen-bond acceptors (Lipinski definition) is 6. The summed E-state index contributed by atoms with van der Waals surface area (Å²) in [5.41, 5.74) is 0. The van der Waals surface area contributed by atoms with Crippen LogP contribution in [0.2, 0.25) is 0 Å². The van der Waals surface area contributed by atoms with E-state index in [1.807, 2.05) is 35.6 Å². The standard InChI is InChI=1S/C19H21N3O3S2/c1-23-14-6-8-15(9-7-14)24-12-18-20-22(19(26)25-18)13-21-10-2-4-16(21)17-5-3-11-27-17/h3,5-9,11,16H,2,4,10,12-13H2,1H3/p+1/t16-/m0/s1. The number of aromatic nitrogens is 2. The van der Waals surface area contributed by atoms with Crippen LogP contribution in [0.15, 0.2) is 46.2 Å². The maximum atomic E-state index is 5.73.